The third-order valence-electron chi connectivity index (χ3n) is 4.07. The summed E-state index contributed by atoms with van der Waals surface area (Å²) >= 11 is 9.60. The first-order valence-electron chi connectivity index (χ1n) is 9.18. The summed E-state index contributed by atoms with van der Waals surface area (Å²) in [5, 5.41) is 2.97. The number of ether oxygens (including phenoxy) is 2. The maximum Gasteiger partial charge on any atom is 0.373 e. The maximum absolute atomic E-state index is 12.8. The highest BCUT2D eigenvalue weighted by Crippen LogP contribution is 2.36. The number of imide groups is 1. The van der Waals surface area contributed by atoms with Crippen LogP contribution >= 0.6 is 27.5 Å². The van der Waals surface area contributed by atoms with Crippen molar-refractivity contribution >= 4 is 51.5 Å². The zero-order valence-electron chi connectivity index (χ0n) is 17.2. The van der Waals surface area contributed by atoms with Gasteiger partial charge in [-0.25, -0.2) is 9.59 Å². The van der Waals surface area contributed by atoms with Crippen molar-refractivity contribution in [3.8, 4) is 5.75 Å². The minimum Gasteiger partial charge on any atom is -0.486 e. The second kappa shape index (κ2) is 8.76. The molecule has 1 aromatic carbocycles. The van der Waals surface area contributed by atoms with E-state index in [-0.39, 0.29) is 23.8 Å². The van der Waals surface area contributed by atoms with Crippen molar-refractivity contribution in [3.05, 3.63) is 56.5 Å². The molecule has 1 saturated heterocycles. The van der Waals surface area contributed by atoms with Gasteiger partial charge in [0.2, 0.25) is 5.76 Å². The molecule has 31 heavy (non-hydrogen) atoms. The molecule has 0 aliphatic carbocycles. The molecule has 0 radical (unpaired) electrons. The van der Waals surface area contributed by atoms with Crippen molar-refractivity contribution in [2.45, 2.75) is 32.9 Å². The first-order valence-corrected chi connectivity index (χ1v) is 10.3. The van der Waals surface area contributed by atoms with E-state index in [0.717, 1.165) is 4.90 Å². The van der Waals surface area contributed by atoms with Crippen LogP contribution in [0.25, 0.3) is 6.08 Å². The minimum absolute atomic E-state index is 0.0203. The Morgan fingerprint density at radius 1 is 1.29 bits per heavy atom. The van der Waals surface area contributed by atoms with Crippen LogP contribution in [0.4, 0.5) is 4.79 Å². The van der Waals surface area contributed by atoms with Crippen molar-refractivity contribution < 1.29 is 28.3 Å². The van der Waals surface area contributed by atoms with Crippen molar-refractivity contribution in [1.82, 2.24) is 10.2 Å². The number of esters is 1. The molecule has 1 aromatic heterocycles. The lowest BCUT2D eigenvalue weighted by Gasteiger charge is -2.24. The largest absolute Gasteiger partial charge is 0.486 e. The van der Waals surface area contributed by atoms with E-state index in [1.807, 2.05) is 20.8 Å². The van der Waals surface area contributed by atoms with E-state index in [1.54, 1.807) is 12.1 Å². The Morgan fingerprint density at radius 2 is 2.00 bits per heavy atom. The van der Waals surface area contributed by atoms with Crippen molar-refractivity contribution in [3.63, 3.8) is 0 Å². The molecule has 1 N–H and O–H groups in total. The fourth-order valence-electron chi connectivity index (χ4n) is 2.80. The van der Waals surface area contributed by atoms with Gasteiger partial charge in [0.25, 0.3) is 5.91 Å². The van der Waals surface area contributed by atoms with E-state index < -0.39 is 23.5 Å². The lowest BCUT2D eigenvalue weighted by Crippen LogP contribution is -2.30. The Bertz CT molecular complexity index is 1090. The molecule has 0 unspecified atom stereocenters. The normalized spacial score (nSPS) is 15.4. The summed E-state index contributed by atoms with van der Waals surface area (Å²) in [5.74, 6) is -0.486. The second-order valence-corrected chi connectivity index (χ2v) is 8.95. The molecule has 0 atom stereocenters. The topological polar surface area (TPSA) is 98.1 Å². The maximum atomic E-state index is 12.8. The summed E-state index contributed by atoms with van der Waals surface area (Å²) in [5.41, 5.74) is 0.0679. The molecule has 1 aliphatic heterocycles. The number of amides is 3. The van der Waals surface area contributed by atoms with Crippen LogP contribution in [0.1, 0.15) is 42.6 Å². The van der Waals surface area contributed by atoms with Crippen LogP contribution < -0.4 is 10.1 Å². The Balaban J connectivity index is 1.88. The van der Waals surface area contributed by atoms with Gasteiger partial charge in [-0.3, -0.25) is 9.69 Å². The van der Waals surface area contributed by atoms with E-state index in [0.29, 0.717) is 20.8 Å². The van der Waals surface area contributed by atoms with E-state index in [4.69, 9.17) is 20.8 Å². The molecule has 8 nitrogen and oxygen atoms in total. The van der Waals surface area contributed by atoms with Gasteiger partial charge >= 0.3 is 12.0 Å². The average molecular weight is 512 g/mol. The van der Waals surface area contributed by atoms with Crippen LogP contribution in [-0.2, 0) is 16.1 Å². The molecule has 1 aliphatic rings. The predicted octanol–water partition coefficient (Wildman–Crippen LogP) is 4.75. The molecule has 164 valence electrons. The minimum atomic E-state index is -0.651. The molecule has 2 aromatic rings. The van der Waals surface area contributed by atoms with E-state index in [2.05, 4.69) is 26.0 Å². The Morgan fingerprint density at radius 3 is 2.65 bits per heavy atom. The molecule has 0 bridgehead atoms. The average Bonchev–Trinajstić information content (AvgIpc) is 3.24. The highest BCUT2D eigenvalue weighted by molar-refractivity contribution is 9.10. The van der Waals surface area contributed by atoms with Crippen LogP contribution in [0.2, 0.25) is 5.02 Å². The van der Waals surface area contributed by atoms with Gasteiger partial charge in [-0.15, -0.1) is 0 Å². The number of urea groups is 1. The molecular weight excluding hydrogens is 492 g/mol. The van der Waals surface area contributed by atoms with Crippen LogP contribution in [0.5, 0.6) is 5.75 Å². The number of carbonyl (C=O) groups is 3. The van der Waals surface area contributed by atoms with E-state index >= 15 is 0 Å². The van der Waals surface area contributed by atoms with Crippen molar-refractivity contribution in [2.75, 3.05) is 7.11 Å². The highest BCUT2D eigenvalue weighted by Gasteiger charge is 2.35. The Hall–Kier alpha value is -2.78. The molecular formula is C21H20BrClN2O6. The third kappa shape index (κ3) is 5.29. The molecule has 10 heteroatoms. The van der Waals surface area contributed by atoms with Crippen LogP contribution in [-0.4, -0.2) is 35.5 Å². The monoisotopic (exact) mass is 510 g/mol. The number of nitrogens with zero attached hydrogens (tertiary/aromatic N) is 1. The molecule has 0 saturated carbocycles. The number of carbonyl (C=O) groups excluding carboxylic acids is 3. The first-order chi connectivity index (χ1) is 14.5. The van der Waals surface area contributed by atoms with Gasteiger partial charge in [-0.2, -0.15) is 0 Å². The zero-order chi connectivity index (χ0) is 22.9. The number of methoxy groups -OCH3 is 1. The van der Waals surface area contributed by atoms with E-state index in [9.17, 15) is 14.4 Å². The predicted molar refractivity (Wildman–Crippen MR) is 117 cm³/mol. The van der Waals surface area contributed by atoms with E-state index in [1.165, 1.54) is 25.3 Å². The number of furan rings is 1. The number of benzene rings is 1. The standard InChI is InChI=1S/C21H20BrClN2O6/c1-21(2,3)31-17-11(7-12(23)9-14(17)22)8-15-18(26)25(20(28)24-15)10-13-5-6-16(30-13)19(27)29-4/h5-9H,10H2,1-4H3,(H,24,28)/b15-8-. The summed E-state index contributed by atoms with van der Waals surface area (Å²) in [6, 6.07) is 5.61. The van der Waals surface area contributed by atoms with Gasteiger partial charge in [0.1, 0.15) is 22.8 Å². The summed E-state index contributed by atoms with van der Waals surface area (Å²) in [4.78, 5) is 37.7. The molecule has 3 rings (SSSR count). The molecule has 2 heterocycles. The van der Waals surface area contributed by atoms with Crippen LogP contribution in [0.15, 0.2) is 38.9 Å². The lowest BCUT2D eigenvalue weighted by molar-refractivity contribution is -0.123. The van der Waals surface area contributed by atoms with Crippen molar-refractivity contribution in [1.29, 1.82) is 0 Å². The highest BCUT2D eigenvalue weighted by atomic mass is 79.9. The Labute approximate surface area is 192 Å². The van der Waals surface area contributed by atoms with Gasteiger partial charge in [0.15, 0.2) is 0 Å². The SMILES string of the molecule is COC(=O)c1ccc(CN2C(=O)N/C(=C\c3cc(Cl)cc(Br)c3OC(C)(C)C)C2=O)o1. The summed E-state index contributed by atoms with van der Waals surface area (Å²) in [7, 11) is 1.23. The number of rotatable bonds is 5. The van der Waals surface area contributed by atoms with Gasteiger partial charge in [0, 0.05) is 10.6 Å². The third-order valence-corrected chi connectivity index (χ3v) is 4.88. The van der Waals surface area contributed by atoms with Crippen molar-refractivity contribution in [2.24, 2.45) is 0 Å². The van der Waals surface area contributed by atoms with Gasteiger partial charge in [-0.05, 0) is 67.0 Å². The zero-order valence-corrected chi connectivity index (χ0v) is 19.6. The number of halogens is 2. The first kappa shape index (κ1) is 22.9. The van der Waals surface area contributed by atoms with Gasteiger partial charge in [0.05, 0.1) is 18.1 Å². The number of hydrogen-bond acceptors (Lipinski definition) is 6. The van der Waals surface area contributed by atoms with Gasteiger partial charge in [-0.1, -0.05) is 11.6 Å². The second-order valence-electron chi connectivity index (χ2n) is 7.66. The summed E-state index contributed by atoms with van der Waals surface area (Å²) in [6.45, 7) is 5.52. The van der Waals surface area contributed by atoms with Gasteiger partial charge < -0.3 is 19.2 Å². The number of hydrogen-bond donors (Lipinski definition) is 1. The quantitative estimate of drug-likeness (QED) is 0.353. The summed E-state index contributed by atoms with van der Waals surface area (Å²) < 4.78 is 16.5. The molecule has 3 amide bonds. The fraction of sp³-hybridized carbons (Fsp3) is 0.286. The Kier molecular flexibility index (Phi) is 6.47. The van der Waals surface area contributed by atoms with Crippen LogP contribution in [0.3, 0.4) is 0 Å². The lowest BCUT2D eigenvalue weighted by atomic mass is 10.1. The molecule has 0 spiro atoms. The van der Waals surface area contributed by atoms with Crippen LogP contribution in [0, 0.1) is 0 Å². The fourth-order valence-corrected chi connectivity index (χ4v) is 3.72. The smallest absolute Gasteiger partial charge is 0.373 e. The molecule has 1 fully saturated rings. The number of nitrogens with one attached hydrogen (secondary N) is 1. The summed E-state index contributed by atoms with van der Waals surface area (Å²) in [6.07, 6.45) is 1.50.